The van der Waals surface area contributed by atoms with Gasteiger partial charge in [0.1, 0.15) is 0 Å². The van der Waals surface area contributed by atoms with Crippen LogP contribution >= 0.6 is 0 Å². The first-order chi connectivity index (χ1) is 12.0. The van der Waals surface area contributed by atoms with Crippen molar-refractivity contribution in [2.75, 3.05) is 0 Å². The summed E-state index contributed by atoms with van der Waals surface area (Å²) in [5, 5.41) is 7.53. The van der Waals surface area contributed by atoms with E-state index in [0.29, 0.717) is 5.56 Å². The molecule has 25 heavy (non-hydrogen) atoms. The fraction of sp³-hybridized carbons (Fsp3) is 0.300. The molecule has 1 N–H and O–H groups in total. The highest BCUT2D eigenvalue weighted by atomic mass is 16.1. The van der Waals surface area contributed by atoms with E-state index in [1.165, 1.54) is 0 Å². The maximum atomic E-state index is 12.7. The van der Waals surface area contributed by atoms with Gasteiger partial charge >= 0.3 is 0 Å². The Balaban J connectivity index is 1.81. The molecule has 0 saturated carbocycles. The summed E-state index contributed by atoms with van der Waals surface area (Å²) in [5.74, 6) is -0.0754. The minimum absolute atomic E-state index is 0.0754. The van der Waals surface area contributed by atoms with Crippen molar-refractivity contribution >= 4 is 5.91 Å². The van der Waals surface area contributed by atoms with Crippen LogP contribution in [0.3, 0.4) is 0 Å². The lowest BCUT2D eigenvalue weighted by atomic mass is 10.1. The molecule has 1 aromatic carbocycles. The molecule has 0 radical (unpaired) electrons. The lowest BCUT2D eigenvalue weighted by Crippen LogP contribution is -2.27. The molecule has 1 unspecified atom stereocenters. The zero-order valence-corrected chi connectivity index (χ0v) is 15.2. The quantitative estimate of drug-likeness (QED) is 0.770. The van der Waals surface area contributed by atoms with E-state index in [0.717, 1.165) is 29.2 Å². The SMILES string of the molecule is CCn1nc(C)c(C(=O)NC(C)c2cccc(-n3cccc3)c2)c1C. The number of aromatic nitrogens is 3. The number of carbonyl (C=O) groups is 1. The van der Waals surface area contributed by atoms with E-state index in [1.807, 2.05) is 69.0 Å². The van der Waals surface area contributed by atoms with Crippen molar-refractivity contribution in [3.05, 3.63) is 71.3 Å². The number of benzene rings is 1. The highest BCUT2D eigenvalue weighted by Gasteiger charge is 2.20. The Morgan fingerprint density at radius 1 is 1.20 bits per heavy atom. The topological polar surface area (TPSA) is 51.9 Å². The van der Waals surface area contributed by atoms with Gasteiger partial charge in [-0.3, -0.25) is 9.48 Å². The maximum absolute atomic E-state index is 12.7. The Morgan fingerprint density at radius 3 is 2.56 bits per heavy atom. The van der Waals surface area contributed by atoms with Gasteiger partial charge in [-0.2, -0.15) is 5.10 Å². The van der Waals surface area contributed by atoms with Crippen molar-refractivity contribution in [2.24, 2.45) is 0 Å². The van der Waals surface area contributed by atoms with Crippen LogP contribution in [0.25, 0.3) is 5.69 Å². The number of amides is 1. The predicted octanol–water partition coefficient (Wildman–Crippen LogP) is 3.80. The first-order valence-electron chi connectivity index (χ1n) is 8.59. The standard InChI is InChI=1S/C20H24N4O/c1-5-24-16(4)19(15(3)22-24)20(25)21-14(2)17-9-8-10-18(13-17)23-11-6-7-12-23/h6-14H,5H2,1-4H3,(H,21,25). The Morgan fingerprint density at radius 2 is 1.92 bits per heavy atom. The maximum Gasteiger partial charge on any atom is 0.255 e. The summed E-state index contributed by atoms with van der Waals surface area (Å²) >= 11 is 0. The molecule has 5 heteroatoms. The van der Waals surface area contributed by atoms with Gasteiger partial charge in [0.25, 0.3) is 5.91 Å². The van der Waals surface area contributed by atoms with Crippen LogP contribution in [0.4, 0.5) is 0 Å². The van der Waals surface area contributed by atoms with Gasteiger partial charge < -0.3 is 9.88 Å². The van der Waals surface area contributed by atoms with E-state index < -0.39 is 0 Å². The van der Waals surface area contributed by atoms with E-state index in [-0.39, 0.29) is 11.9 Å². The van der Waals surface area contributed by atoms with E-state index >= 15 is 0 Å². The number of hydrogen-bond donors (Lipinski definition) is 1. The second kappa shape index (κ2) is 6.97. The normalized spacial score (nSPS) is 12.2. The fourth-order valence-corrected chi connectivity index (χ4v) is 3.15. The zero-order valence-electron chi connectivity index (χ0n) is 15.2. The minimum atomic E-state index is -0.0909. The second-order valence-corrected chi connectivity index (χ2v) is 6.24. The summed E-state index contributed by atoms with van der Waals surface area (Å²) in [5.41, 5.74) is 4.50. The first-order valence-corrected chi connectivity index (χ1v) is 8.59. The van der Waals surface area contributed by atoms with Gasteiger partial charge in [-0.1, -0.05) is 12.1 Å². The van der Waals surface area contributed by atoms with Crippen LogP contribution in [0.5, 0.6) is 0 Å². The summed E-state index contributed by atoms with van der Waals surface area (Å²) in [6, 6.07) is 12.1. The molecule has 0 bridgehead atoms. The molecular formula is C20H24N4O. The van der Waals surface area contributed by atoms with E-state index in [1.54, 1.807) is 0 Å². The van der Waals surface area contributed by atoms with Gasteiger partial charge in [-0.15, -0.1) is 0 Å². The van der Waals surface area contributed by atoms with Crippen molar-refractivity contribution in [3.8, 4) is 5.69 Å². The Kier molecular flexibility index (Phi) is 4.74. The van der Waals surface area contributed by atoms with Crippen LogP contribution in [0.1, 0.15) is 47.2 Å². The fourth-order valence-electron chi connectivity index (χ4n) is 3.15. The Hall–Kier alpha value is -2.82. The first kappa shape index (κ1) is 17.0. The molecule has 0 aliphatic rings. The molecule has 3 aromatic rings. The number of hydrogen-bond acceptors (Lipinski definition) is 2. The molecule has 5 nitrogen and oxygen atoms in total. The van der Waals surface area contributed by atoms with Gasteiger partial charge in [0.05, 0.1) is 17.3 Å². The van der Waals surface area contributed by atoms with Crippen LogP contribution in [0.15, 0.2) is 48.8 Å². The van der Waals surface area contributed by atoms with E-state index in [2.05, 4.69) is 27.1 Å². The van der Waals surface area contributed by atoms with Crippen molar-refractivity contribution in [2.45, 2.75) is 40.3 Å². The molecule has 2 heterocycles. The Bertz CT molecular complexity index is 877. The summed E-state index contributed by atoms with van der Waals surface area (Å²) in [6.07, 6.45) is 4.02. The molecule has 1 amide bonds. The van der Waals surface area contributed by atoms with Crippen molar-refractivity contribution in [3.63, 3.8) is 0 Å². The van der Waals surface area contributed by atoms with Crippen LogP contribution in [0.2, 0.25) is 0 Å². The smallest absolute Gasteiger partial charge is 0.255 e. The van der Waals surface area contributed by atoms with Crippen molar-refractivity contribution in [1.82, 2.24) is 19.7 Å². The monoisotopic (exact) mass is 336 g/mol. The van der Waals surface area contributed by atoms with Crippen LogP contribution < -0.4 is 5.32 Å². The molecule has 1 atom stereocenters. The number of nitrogens with zero attached hydrogens (tertiary/aromatic N) is 3. The summed E-state index contributed by atoms with van der Waals surface area (Å²) in [4.78, 5) is 12.7. The summed E-state index contributed by atoms with van der Waals surface area (Å²) in [6.45, 7) is 8.60. The second-order valence-electron chi connectivity index (χ2n) is 6.24. The van der Waals surface area contributed by atoms with E-state index in [4.69, 9.17) is 0 Å². The third-order valence-corrected chi connectivity index (χ3v) is 4.53. The molecule has 0 fully saturated rings. The third kappa shape index (κ3) is 3.36. The highest BCUT2D eigenvalue weighted by Crippen LogP contribution is 2.19. The molecule has 0 spiro atoms. The number of aryl methyl sites for hydroxylation is 2. The van der Waals surface area contributed by atoms with Crippen molar-refractivity contribution in [1.29, 1.82) is 0 Å². The minimum Gasteiger partial charge on any atom is -0.345 e. The molecular weight excluding hydrogens is 312 g/mol. The number of rotatable bonds is 5. The van der Waals surface area contributed by atoms with Crippen LogP contribution in [0, 0.1) is 13.8 Å². The molecule has 0 aliphatic heterocycles. The largest absolute Gasteiger partial charge is 0.345 e. The van der Waals surface area contributed by atoms with Gasteiger partial charge in [0.15, 0.2) is 0 Å². The average molecular weight is 336 g/mol. The number of carbonyl (C=O) groups excluding carboxylic acids is 1. The van der Waals surface area contributed by atoms with Gasteiger partial charge in [-0.05, 0) is 57.5 Å². The van der Waals surface area contributed by atoms with Crippen LogP contribution in [-0.2, 0) is 6.54 Å². The van der Waals surface area contributed by atoms with E-state index in [9.17, 15) is 4.79 Å². The third-order valence-electron chi connectivity index (χ3n) is 4.53. The van der Waals surface area contributed by atoms with Crippen LogP contribution in [-0.4, -0.2) is 20.3 Å². The molecule has 130 valence electrons. The molecule has 3 rings (SSSR count). The zero-order chi connectivity index (χ0) is 18.0. The van der Waals surface area contributed by atoms with Gasteiger partial charge in [0.2, 0.25) is 0 Å². The van der Waals surface area contributed by atoms with Gasteiger partial charge in [0, 0.05) is 30.3 Å². The number of nitrogens with one attached hydrogen (secondary N) is 1. The summed E-state index contributed by atoms with van der Waals surface area (Å²) in [7, 11) is 0. The average Bonchev–Trinajstić information content (AvgIpc) is 3.23. The van der Waals surface area contributed by atoms with Gasteiger partial charge in [-0.25, -0.2) is 0 Å². The lowest BCUT2D eigenvalue weighted by molar-refractivity contribution is 0.0938. The van der Waals surface area contributed by atoms with Crippen molar-refractivity contribution < 1.29 is 4.79 Å². The molecule has 0 saturated heterocycles. The Labute approximate surface area is 148 Å². The molecule has 0 aliphatic carbocycles. The predicted molar refractivity (Wildman–Crippen MR) is 99.0 cm³/mol. The molecule has 2 aromatic heterocycles. The summed E-state index contributed by atoms with van der Waals surface area (Å²) < 4.78 is 3.92. The highest BCUT2D eigenvalue weighted by molar-refractivity contribution is 5.96. The lowest BCUT2D eigenvalue weighted by Gasteiger charge is -2.16.